The predicted octanol–water partition coefficient (Wildman–Crippen LogP) is 2.43. The molecule has 0 aliphatic carbocycles. The van der Waals surface area contributed by atoms with Crippen molar-refractivity contribution in [2.24, 2.45) is 0 Å². The third-order valence-electron chi connectivity index (χ3n) is 2.48. The summed E-state index contributed by atoms with van der Waals surface area (Å²) in [5.41, 5.74) is 7.35. The SMILES string of the molecule is Nc1cnccc1-c1nc(-c2ncccc2Cl)no1. The molecule has 0 fully saturated rings. The third kappa shape index (κ3) is 2.13. The summed E-state index contributed by atoms with van der Waals surface area (Å²) in [4.78, 5) is 12.3. The topological polar surface area (TPSA) is 90.7 Å². The zero-order chi connectivity index (χ0) is 13.2. The van der Waals surface area contributed by atoms with Gasteiger partial charge in [-0.2, -0.15) is 4.98 Å². The molecule has 3 aromatic heterocycles. The molecule has 0 saturated heterocycles. The van der Waals surface area contributed by atoms with Crippen LogP contribution in [0.4, 0.5) is 5.69 Å². The van der Waals surface area contributed by atoms with Crippen molar-refractivity contribution in [3.8, 4) is 23.0 Å². The molecule has 3 rings (SSSR count). The van der Waals surface area contributed by atoms with Gasteiger partial charge in [0.2, 0.25) is 5.82 Å². The van der Waals surface area contributed by atoms with Crippen molar-refractivity contribution in [2.75, 3.05) is 5.73 Å². The molecule has 0 aliphatic rings. The molecule has 0 unspecified atom stereocenters. The molecular weight excluding hydrogens is 266 g/mol. The van der Waals surface area contributed by atoms with E-state index in [1.807, 2.05) is 0 Å². The molecule has 0 spiro atoms. The summed E-state index contributed by atoms with van der Waals surface area (Å²) in [5.74, 6) is 0.619. The summed E-state index contributed by atoms with van der Waals surface area (Å²) < 4.78 is 5.17. The van der Waals surface area contributed by atoms with Crippen LogP contribution in [0.3, 0.4) is 0 Å². The molecule has 0 amide bonds. The maximum atomic E-state index is 6.03. The van der Waals surface area contributed by atoms with Crippen LogP contribution in [-0.2, 0) is 0 Å². The molecule has 94 valence electrons. The summed E-state index contributed by atoms with van der Waals surface area (Å²) >= 11 is 6.03. The fourth-order valence-electron chi connectivity index (χ4n) is 1.58. The Balaban J connectivity index is 2.06. The molecule has 0 saturated carbocycles. The Bertz CT molecular complexity index is 667. The lowest BCUT2D eigenvalue weighted by Gasteiger charge is -1.97. The number of anilines is 1. The molecule has 2 N–H and O–H groups in total. The van der Waals surface area contributed by atoms with Gasteiger partial charge in [0.05, 0.1) is 22.5 Å². The van der Waals surface area contributed by atoms with Crippen molar-refractivity contribution in [3.05, 3.63) is 41.8 Å². The molecule has 0 aliphatic heterocycles. The fraction of sp³-hybridized carbons (Fsp3) is 0. The first kappa shape index (κ1) is 11.6. The number of halogens is 1. The van der Waals surface area contributed by atoms with E-state index in [9.17, 15) is 0 Å². The van der Waals surface area contributed by atoms with Crippen LogP contribution in [0.2, 0.25) is 5.02 Å². The zero-order valence-corrected chi connectivity index (χ0v) is 10.4. The van der Waals surface area contributed by atoms with Gasteiger partial charge in [0.15, 0.2) is 0 Å². The zero-order valence-electron chi connectivity index (χ0n) is 9.62. The van der Waals surface area contributed by atoms with Crippen LogP contribution in [0, 0.1) is 0 Å². The van der Waals surface area contributed by atoms with E-state index in [-0.39, 0.29) is 0 Å². The molecule has 7 heteroatoms. The molecule has 6 nitrogen and oxygen atoms in total. The van der Waals surface area contributed by atoms with Crippen LogP contribution in [0.5, 0.6) is 0 Å². The summed E-state index contributed by atoms with van der Waals surface area (Å²) in [7, 11) is 0. The highest BCUT2D eigenvalue weighted by molar-refractivity contribution is 6.32. The standard InChI is InChI=1S/C12H8ClN5O/c13-8-2-1-4-16-10(8)11-17-12(19-18-11)7-3-5-15-6-9(7)14/h1-6H,14H2. The molecule has 3 aromatic rings. The fourth-order valence-corrected chi connectivity index (χ4v) is 1.79. The quantitative estimate of drug-likeness (QED) is 0.771. The Hall–Kier alpha value is -2.47. The number of nitrogens with zero attached hydrogens (tertiary/aromatic N) is 4. The average molecular weight is 274 g/mol. The third-order valence-corrected chi connectivity index (χ3v) is 2.78. The molecule has 0 aromatic carbocycles. The largest absolute Gasteiger partial charge is 0.397 e. The number of hydrogen-bond donors (Lipinski definition) is 1. The Kier molecular flexibility index (Phi) is 2.85. The number of rotatable bonds is 2. The number of hydrogen-bond acceptors (Lipinski definition) is 6. The monoisotopic (exact) mass is 273 g/mol. The van der Waals surface area contributed by atoms with Crippen LogP contribution in [0.25, 0.3) is 23.0 Å². The first-order valence-electron chi connectivity index (χ1n) is 5.40. The summed E-state index contributed by atoms with van der Waals surface area (Å²) in [5, 5.41) is 4.31. The van der Waals surface area contributed by atoms with Crippen molar-refractivity contribution in [1.29, 1.82) is 0 Å². The van der Waals surface area contributed by atoms with Crippen molar-refractivity contribution in [1.82, 2.24) is 20.1 Å². The van der Waals surface area contributed by atoms with Crippen LogP contribution in [-0.4, -0.2) is 20.1 Å². The van der Waals surface area contributed by atoms with E-state index < -0.39 is 0 Å². The van der Waals surface area contributed by atoms with Crippen molar-refractivity contribution >= 4 is 17.3 Å². The summed E-state index contributed by atoms with van der Waals surface area (Å²) in [6, 6.07) is 5.14. The van der Waals surface area contributed by atoms with E-state index in [0.717, 1.165) is 0 Å². The minimum Gasteiger partial charge on any atom is -0.397 e. The van der Waals surface area contributed by atoms with E-state index >= 15 is 0 Å². The highest BCUT2D eigenvalue weighted by atomic mass is 35.5. The van der Waals surface area contributed by atoms with E-state index in [4.69, 9.17) is 21.9 Å². The van der Waals surface area contributed by atoms with Gasteiger partial charge in [-0.1, -0.05) is 16.8 Å². The normalized spacial score (nSPS) is 10.6. The van der Waals surface area contributed by atoms with Gasteiger partial charge >= 0.3 is 0 Å². The van der Waals surface area contributed by atoms with E-state index in [1.54, 1.807) is 30.6 Å². The maximum Gasteiger partial charge on any atom is 0.260 e. The van der Waals surface area contributed by atoms with Crippen molar-refractivity contribution in [3.63, 3.8) is 0 Å². The first-order valence-corrected chi connectivity index (χ1v) is 5.78. The van der Waals surface area contributed by atoms with Crippen LogP contribution < -0.4 is 5.73 Å². The lowest BCUT2D eigenvalue weighted by molar-refractivity contribution is 0.432. The lowest BCUT2D eigenvalue weighted by Crippen LogP contribution is -1.91. The average Bonchev–Trinajstić information content (AvgIpc) is 2.89. The van der Waals surface area contributed by atoms with Crippen LogP contribution in [0.15, 0.2) is 41.3 Å². The van der Waals surface area contributed by atoms with Gasteiger partial charge in [0.25, 0.3) is 5.89 Å². The lowest BCUT2D eigenvalue weighted by atomic mass is 10.2. The Morgan fingerprint density at radius 1 is 1.21 bits per heavy atom. The van der Waals surface area contributed by atoms with Crippen LogP contribution >= 0.6 is 11.6 Å². The molecule has 0 radical (unpaired) electrons. The van der Waals surface area contributed by atoms with Gasteiger partial charge in [0.1, 0.15) is 5.69 Å². The highest BCUT2D eigenvalue weighted by Gasteiger charge is 2.15. The molecular formula is C12H8ClN5O. The highest BCUT2D eigenvalue weighted by Crippen LogP contribution is 2.27. The second kappa shape index (κ2) is 4.66. The predicted molar refractivity (Wildman–Crippen MR) is 70.2 cm³/mol. The Labute approximate surface area is 113 Å². The van der Waals surface area contributed by atoms with Gasteiger partial charge in [-0.3, -0.25) is 9.97 Å². The van der Waals surface area contributed by atoms with Crippen molar-refractivity contribution < 1.29 is 4.52 Å². The van der Waals surface area contributed by atoms with E-state index in [1.165, 1.54) is 6.20 Å². The maximum absolute atomic E-state index is 6.03. The van der Waals surface area contributed by atoms with Crippen molar-refractivity contribution in [2.45, 2.75) is 0 Å². The minimum atomic E-state index is 0.302. The summed E-state index contributed by atoms with van der Waals surface area (Å²) in [6.07, 6.45) is 4.73. The number of aromatic nitrogens is 4. The molecule has 19 heavy (non-hydrogen) atoms. The molecule has 0 atom stereocenters. The Morgan fingerprint density at radius 2 is 2.11 bits per heavy atom. The number of nitrogens with two attached hydrogens (primary N) is 1. The van der Waals surface area contributed by atoms with Gasteiger partial charge in [0, 0.05) is 12.4 Å². The van der Waals surface area contributed by atoms with E-state index in [2.05, 4.69) is 20.1 Å². The number of pyridine rings is 2. The molecule has 0 bridgehead atoms. The first-order chi connectivity index (χ1) is 9.25. The van der Waals surface area contributed by atoms with Gasteiger partial charge in [-0.05, 0) is 18.2 Å². The second-order valence-electron chi connectivity index (χ2n) is 3.72. The Morgan fingerprint density at radius 3 is 2.89 bits per heavy atom. The van der Waals surface area contributed by atoms with Crippen LogP contribution in [0.1, 0.15) is 0 Å². The van der Waals surface area contributed by atoms with Gasteiger partial charge < -0.3 is 10.3 Å². The smallest absolute Gasteiger partial charge is 0.260 e. The second-order valence-corrected chi connectivity index (χ2v) is 4.13. The van der Waals surface area contributed by atoms with Gasteiger partial charge in [-0.25, -0.2) is 0 Å². The minimum absolute atomic E-state index is 0.302. The molecule has 3 heterocycles. The van der Waals surface area contributed by atoms with Gasteiger partial charge in [-0.15, -0.1) is 0 Å². The van der Waals surface area contributed by atoms with E-state index in [0.29, 0.717) is 33.7 Å². The number of nitrogen functional groups attached to an aromatic ring is 1. The summed E-state index contributed by atoms with van der Waals surface area (Å²) in [6.45, 7) is 0.